The molecule has 2 aromatic carbocycles. The Morgan fingerprint density at radius 1 is 1.22 bits per heavy atom. The lowest BCUT2D eigenvalue weighted by molar-refractivity contribution is -0.131. The molecule has 1 amide bonds. The fourth-order valence-electron chi connectivity index (χ4n) is 3.26. The van der Waals surface area contributed by atoms with E-state index in [4.69, 9.17) is 4.74 Å². The highest BCUT2D eigenvalue weighted by molar-refractivity contribution is 5.79. The van der Waals surface area contributed by atoms with E-state index in [-0.39, 0.29) is 11.9 Å². The van der Waals surface area contributed by atoms with Crippen molar-refractivity contribution >= 4 is 5.91 Å². The van der Waals surface area contributed by atoms with Gasteiger partial charge in [-0.1, -0.05) is 42.0 Å². The van der Waals surface area contributed by atoms with Gasteiger partial charge in [-0.15, -0.1) is 0 Å². The van der Waals surface area contributed by atoms with Gasteiger partial charge in [-0.2, -0.15) is 0 Å². The molecule has 0 radical (unpaired) electrons. The molecule has 23 heavy (non-hydrogen) atoms. The van der Waals surface area contributed by atoms with Crippen LogP contribution in [0.2, 0.25) is 0 Å². The summed E-state index contributed by atoms with van der Waals surface area (Å²) >= 11 is 0. The van der Waals surface area contributed by atoms with Gasteiger partial charge in [0.15, 0.2) is 0 Å². The van der Waals surface area contributed by atoms with Crippen LogP contribution in [0, 0.1) is 6.92 Å². The van der Waals surface area contributed by atoms with E-state index in [1.54, 1.807) is 7.11 Å². The Morgan fingerprint density at radius 2 is 2.00 bits per heavy atom. The molecule has 0 saturated carbocycles. The van der Waals surface area contributed by atoms with Crippen molar-refractivity contribution in [3.05, 3.63) is 65.2 Å². The molecule has 0 N–H and O–H groups in total. The first-order valence-corrected chi connectivity index (χ1v) is 8.16. The highest BCUT2D eigenvalue weighted by Gasteiger charge is 2.29. The van der Waals surface area contributed by atoms with Crippen LogP contribution in [0.4, 0.5) is 0 Å². The van der Waals surface area contributed by atoms with E-state index < -0.39 is 0 Å². The Morgan fingerprint density at radius 3 is 2.74 bits per heavy atom. The van der Waals surface area contributed by atoms with Crippen molar-refractivity contribution in [2.75, 3.05) is 13.7 Å². The van der Waals surface area contributed by atoms with Crippen molar-refractivity contribution in [1.29, 1.82) is 0 Å². The Bertz CT molecular complexity index is 678. The van der Waals surface area contributed by atoms with Gasteiger partial charge in [0.2, 0.25) is 5.91 Å². The number of benzene rings is 2. The van der Waals surface area contributed by atoms with E-state index in [1.165, 1.54) is 11.1 Å². The first-order chi connectivity index (χ1) is 11.2. The van der Waals surface area contributed by atoms with E-state index in [2.05, 4.69) is 31.2 Å². The van der Waals surface area contributed by atoms with Crippen LogP contribution in [0.1, 0.15) is 35.6 Å². The lowest BCUT2D eigenvalue weighted by Crippen LogP contribution is -2.31. The number of amides is 1. The standard InChI is InChI=1S/C20H23NO2/c1-15-8-10-17(11-9-15)19-7-4-12-21(19)20(22)14-16-5-3-6-18(13-16)23-2/h3,5-6,8-11,13,19H,4,7,12,14H2,1-2H3. The smallest absolute Gasteiger partial charge is 0.227 e. The fraction of sp³-hybridized carbons (Fsp3) is 0.350. The number of hydrogen-bond acceptors (Lipinski definition) is 2. The third-order valence-electron chi connectivity index (χ3n) is 4.52. The minimum Gasteiger partial charge on any atom is -0.497 e. The SMILES string of the molecule is COc1cccc(CC(=O)N2CCCC2c2ccc(C)cc2)c1. The highest BCUT2D eigenvalue weighted by atomic mass is 16.5. The zero-order valence-corrected chi connectivity index (χ0v) is 13.8. The summed E-state index contributed by atoms with van der Waals surface area (Å²) in [5.74, 6) is 0.994. The van der Waals surface area contributed by atoms with E-state index in [0.717, 1.165) is 30.7 Å². The van der Waals surface area contributed by atoms with Crippen LogP contribution < -0.4 is 4.74 Å². The average Bonchev–Trinajstić information content (AvgIpc) is 3.05. The molecule has 0 aliphatic carbocycles. The van der Waals surface area contributed by atoms with Crippen molar-refractivity contribution in [2.45, 2.75) is 32.2 Å². The summed E-state index contributed by atoms with van der Waals surface area (Å²) in [4.78, 5) is 14.8. The minimum absolute atomic E-state index is 0.196. The first-order valence-electron chi connectivity index (χ1n) is 8.16. The molecule has 2 aromatic rings. The predicted molar refractivity (Wildman–Crippen MR) is 91.6 cm³/mol. The van der Waals surface area contributed by atoms with Gasteiger partial charge in [0.25, 0.3) is 0 Å². The summed E-state index contributed by atoms with van der Waals surface area (Å²) in [5, 5.41) is 0. The van der Waals surface area contributed by atoms with E-state index in [0.29, 0.717) is 6.42 Å². The number of hydrogen-bond donors (Lipinski definition) is 0. The van der Waals surface area contributed by atoms with E-state index in [9.17, 15) is 4.79 Å². The van der Waals surface area contributed by atoms with Crippen molar-refractivity contribution in [2.24, 2.45) is 0 Å². The molecule has 1 atom stereocenters. The van der Waals surface area contributed by atoms with Crippen LogP contribution in [0.5, 0.6) is 5.75 Å². The number of carbonyl (C=O) groups excluding carboxylic acids is 1. The largest absolute Gasteiger partial charge is 0.497 e. The molecule has 3 heteroatoms. The van der Waals surface area contributed by atoms with Crippen LogP contribution in [0.3, 0.4) is 0 Å². The Balaban J connectivity index is 1.74. The quantitative estimate of drug-likeness (QED) is 0.857. The molecule has 3 rings (SSSR count). The average molecular weight is 309 g/mol. The van der Waals surface area contributed by atoms with Crippen LogP contribution in [-0.2, 0) is 11.2 Å². The number of likely N-dealkylation sites (tertiary alicyclic amines) is 1. The van der Waals surface area contributed by atoms with Crippen molar-refractivity contribution in [1.82, 2.24) is 4.90 Å². The Labute approximate surface area is 137 Å². The fourth-order valence-corrected chi connectivity index (χ4v) is 3.26. The second-order valence-electron chi connectivity index (χ2n) is 6.18. The van der Waals surface area contributed by atoms with Crippen LogP contribution in [-0.4, -0.2) is 24.5 Å². The molecule has 1 fully saturated rings. The monoisotopic (exact) mass is 309 g/mol. The molecular weight excluding hydrogens is 286 g/mol. The van der Waals surface area contributed by atoms with Gasteiger partial charge in [0.05, 0.1) is 19.6 Å². The van der Waals surface area contributed by atoms with Gasteiger partial charge in [-0.25, -0.2) is 0 Å². The summed E-state index contributed by atoms with van der Waals surface area (Å²) in [7, 11) is 1.65. The normalized spacial score (nSPS) is 17.3. The molecule has 1 heterocycles. The highest BCUT2D eigenvalue weighted by Crippen LogP contribution is 2.32. The van der Waals surface area contributed by atoms with Gasteiger partial charge in [0, 0.05) is 6.54 Å². The van der Waals surface area contributed by atoms with Crippen LogP contribution in [0.25, 0.3) is 0 Å². The van der Waals surface area contributed by atoms with Crippen LogP contribution in [0.15, 0.2) is 48.5 Å². The molecule has 1 aliphatic rings. The Hall–Kier alpha value is -2.29. The molecule has 3 nitrogen and oxygen atoms in total. The second-order valence-corrected chi connectivity index (χ2v) is 6.18. The summed E-state index contributed by atoms with van der Waals surface area (Å²) in [6, 6.07) is 16.5. The maximum Gasteiger partial charge on any atom is 0.227 e. The van der Waals surface area contributed by atoms with Gasteiger partial charge in [-0.3, -0.25) is 4.79 Å². The van der Waals surface area contributed by atoms with E-state index >= 15 is 0 Å². The molecule has 1 saturated heterocycles. The summed E-state index contributed by atoms with van der Waals surface area (Å²) < 4.78 is 5.24. The lowest BCUT2D eigenvalue weighted by atomic mass is 10.0. The van der Waals surface area contributed by atoms with Gasteiger partial charge >= 0.3 is 0 Å². The van der Waals surface area contributed by atoms with E-state index in [1.807, 2.05) is 29.2 Å². The zero-order valence-electron chi connectivity index (χ0n) is 13.8. The molecule has 0 spiro atoms. The number of rotatable bonds is 4. The first kappa shape index (κ1) is 15.6. The van der Waals surface area contributed by atoms with Crippen molar-refractivity contribution in [3.63, 3.8) is 0 Å². The number of methoxy groups -OCH3 is 1. The molecule has 0 bridgehead atoms. The topological polar surface area (TPSA) is 29.5 Å². The number of ether oxygens (including phenoxy) is 1. The predicted octanol–water partition coefficient (Wildman–Crippen LogP) is 3.91. The summed E-state index contributed by atoms with van der Waals surface area (Å²) in [6.45, 7) is 2.94. The molecule has 120 valence electrons. The maximum absolute atomic E-state index is 12.8. The summed E-state index contributed by atoms with van der Waals surface area (Å²) in [5.41, 5.74) is 3.50. The molecule has 1 unspecified atom stereocenters. The number of aryl methyl sites for hydroxylation is 1. The third-order valence-corrected chi connectivity index (χ3v) is 4.52. The van der Waals surface area contributed by atoms with Crippen molar-refractivity contribution in [3.8, 4) is 5.75 Å². The van der Waals surface area contributed by atoms with Gasteiger partial charge < -0.3 is 9.64 Å². The zero-order chi connectivity index (χ0) is 16.2. The summed E-state index contributed by atoms with van der Waals surface area (Å²) in [6.07, 6.45) is 2.55. The third kappa shape index (κ3) is 3.55. The minimum atomic E-state index is 0.196. The molecular formula is C20H23NO2. The second kappa shape index (κ2) is 6.86. The maximum atomic E-state index is 12.8. The molecule has 1 aliphatic heterocycles. The number of nitrogens with zero attached hydrogens (tertiary/aromatic N) is 1. The Kier molecular flexibility index (Phi) is 4.65. The van der Waals surface area contributed by atoms with Crippen LogP contribution >= 0.6 is 0 Å². The molecule has 0 aromatic heterocycles. The van der Waals surface area contributed by atoms with Crippen molar-refractivity contribution < 1.29 is 9.53 Å². The number of carbonyl (C=O) groups is 1. The van der Waals surface area contributed by atoms with Gasteiger partial charge in [0.1, 0.15) is 5.75 Å². The lowest BCUT2D eigenvalue weighted by Gasteiger charge is -2.25. The van der Waals surface area contributed by atoms with Gasteiger partial charge in [-0.05, 0) is 43.0 Å².